The van der Waals surface area contributed by atoms with E-state index < -0.39 is 44.4 Å². The van der Waals surface area contributed by atoms with Crippen molar-refractivity contribution in [2.24, 2.45) is 0 Å². The second kappa shape index (κ2) is 7.99. The Labute approximate surface area is 190 Å². The van der Waals surface area contributed by atoms with Gasteiger partial charge in [-0.05, 0) is 54.6 Å². The fourth-order valence-electron chi connectivity index (χ4n) is 3.37. The lowest BCUT2D eigenvalue weighted by Crippen LogP contribution is -2.29. The van der Waals surface area contributed by atoms with Crippen LogP contribution < -0.4 is 9.62 Å². The van der Waals surface area contributed by atoms with Gasteiger partial charge in [0.05, 0.1) is 32.8 Å². The van der Waals surface area contributed by atoms with Crippen molar-refractivity contribution >= 4 is 39.2 Å². The predicted molar refractivity (Wildman–Crippen MR) is 113 cm³/mol. The number of benzene rings is 3. The number of hydrogen-bond donors (Lipinski definition) is 2. The average molecular weight is 490 g/mol. The number of imide groups is 1. The van der Waals surface area contributed by atoms with E-state index in [2.05, 4.69) is 0 Å². The highest BCUT2D eigenvalue weighted by Gasteiger charge is 2.37. The van der Waals surface area contributed by atoms with Gasteiger partial charge in [0.2, 0.25) is 0 Å². The van der Waals surface area contributed by atoms with Crippen LogP contribution in [-0.4, -0.2) is 31.3 Å². The van der Waals surface area contributed by atoms with E-state index in [9.17, 15) is 36.0 Å². The summed E-state index contributed by atoms with van der Waals surface area (Å²) in [6.45, 7) is 0. The fourth-order valence-corrected chi connectivity index (χ4v) is 4.46. The SMILES string of the molecule is O=C(O)c1ccc2c(c1)C(=O)N(c1cccc(S(=O)(=O)Nc3cccc(C(F)(F)F)c3)c1)C2=O. The number of rotatable bonds is 5. The Balaban J connectivity index is 1.66. The van der Waals surface area contributed by atoms with Gasteiger partial charge in [-0.1, -0.05) is 12.1 Å². The second-order valence-electron chi connectivity index (χ2n) is 7.19. The summed E-state index contributed by atoms with van der Waals surface area (Å²) >= 11 is 0. The molecule has 0 atom stereocenters. The molecular formula is C22H13F3N2O6S. The van der Waals surface area contributed by atoms with Crippen LogP contribution in [0.2, 0.25) is 0 Å². The largest absolute Gasteiger partial charge is 0.478 e. The number of fused-ring (bicyclic) bond motifs is 1. The normalized spacial score (nSPS) is 13.7. The van der Waals surface area contributed by atoms with Gasteiger partial charge >= 0.3 is 12.1 Å². The van der Waals surface area contributed by atoms with Crippen LogP contribution in [0.1, 0.15) is 36.6 Å². The van der Waals surface area contributed by atoms with Crippen LogP contribution in [0.15, 0.2) is 71.6 Å². The van der Waals surface area contributed by atoms with Crippen LogP contribution >= 0.6 is 0 Å². The first-order valence-electron chi connectivity index (χ1n) is 9.45. The number of carboxylic acids is 1. The van der Waals surface area contributed by atoms with Gasteiger partial charge in [0, 0.05) is 5.69 Å². The van der Waals surface area contributed by atoms with Crippen molar-refractivity contribution in [3.05, 3.63) is 89.0 Å². The molecule has 4 rings (SSSR count). The number of carbonyl (C=O) groups is 3. The molecule has 2 amide bonds. The molecule has 0 saturated carbocycles. The number of carboxylic acid groups (broad SMARTS) is 1. The molecule has 0 bridgehead atoms. The summed E-state index contributed by atoms with van der Waals surface area (Å²) in [5.74, 6) is -2.92. The number of halogens is 3. The highest BCUT2D eigenvalue weighted by molar-refractivity contribution is 7.92. The summed E-state index contributed by atoms with van der Waals surface area (Å²) in [5.41, 5.74) is -1.90. The van der Waals surface area contributed by atoms with Crippen molar-refractivity contribution in [1.82, 2.24) is 0 Å². The number of nitrogens with zero attached hydrogens (tertiary/aromatic N) is 1. The van der Waals surface area contributed by atoms with E-state index in [-0.39, 0.29) is 28.1 Å². The molecule has 0 fully saturated rings. The van der Waals surface area contributed by atoms with Crippen molar-refractivity contribution in [2.45, 2.75) is 11.1 Å². The summed E-state index contributed by atoms with van der Waals surface area (Å²) in [6, 6.07) is 11.7. The maximum absolute atomic E-state index is 12.9. The highest BCUT2D eigenvalue weighted by Crippen LogP contribution is 2.33. The van der Waals surface area contributed by atoms with Gasteiger partial charge in [-0.2, -0.15) is 13.2 Å². The first-order chi connectivity index (χ1) is 15.9. The number of carbonyl (C=O) groups excluding carboxylic acids is 2. The van der Waals surface area contributed by atoms with Gasteiger partial charge in [0.1, 0.15) is 0 Å². The zero-order chi connectivity index (χ0) is 24.8. The van der Waals surface area contributed by atoms with Crippen molar-refractivity contribution in [2.75, 3.05) is 9.62 Å². The number of nitrogens with one attached hydrogen (secondary N) is 1. The minimum absolute atomic E-state index is 0.0506. The van der Waals surface area contributed by atoms with Gasteiger partial charge in [-0.3, -0.25) is 14.3 Å². The fraction of sp³-hybridized carbons (Fsp3) is 0.0455. The Morgan fingerprint density at radius 3 is 2.24 bits per heavy atom. The first kappa shape index (κ1) is 23.0. The number of aromatic carboxylic acids is 1. The standard InChI is InChI=1S/C22H13F3N2O6S/c23-22(24,25)13-3-1-4-14(10-13)26-34(32,33)16-6-2-5-15(11-16)27-19(28)17-8-7-12(21(30)31)9-18(17)20(27)29/h1-11,26H,(H,30,31). The van der Waals surface area contributed by atoms with E-state index in [0.29, 0.717) is 11.0 Å². The molecule has 0 aromatic heterocycles. The molecule has 0 saturated heterocycles. The van der Waals surface area contributed by atoms with E-state index >= 15 is 0 Å². The summed E-state index contributed by atoms with van der Waals surface area (Å²) in [4.78, 5) is 37.0. The molecule has 34 heavy (non-hydrogen) atoms. The molecule has 174 valence electrons. The Morgan fingerprint density at radius 2 is 1.56 bits per heavy atom. The molecule has 0 aliphatic carbocycles. The summed E-state index contributed by atoms with van der Waals surface area (Å²) < 4.78 is 66.4. The molecule has 3 aromatic carbocycles. The molecule has 8 nitrogen and oxygen atoms in total. The lowest BCUT2D eigenvalue weighted by molar-refractivity contribution is -0.137. The van der Waals surface area contributed by atoms with Gasteiger partial charge in [0.25, 0.3) is 21.8 Å². The monoisotopic (exact) mass is 490 g/mol. The molecule has 0 spiro atoms. The topological polar surface area (TPSA) is 121 Å². The first-order valence-corrected chi connectivity index (χ1v) is 10.9. The van der Waals surface area contributed by atoms with Crippen LogP contribution in [0.25, 0.3) is 0 Å². The number of amides is 2. The Bertz CT molecular complexity index is 1470. The smallest absolute Gasteiger partial charge is 0.416 e. The van der Waals surface area contributed by atoms with Crippen LogP contribution in [-0.2, 0) is 16.2 Å². The Kier molecular flexibility index (Phi) is 5.40. The molecule has 1 aliphatic rings. The molecule has 3 aromatic rings. The van der Waals surface area contributed by atoms with Crippen LogP contribution in [0, 0.1) is 0 Å². The van der Waals surface area contributed by atoms with Crippen molar-refractivity contribution in [3.63, 3.8) is 0 Å². The van der Waals surface area contributed by atoms with Crippen LogP contribution in [0.4, 0.5) is 24.5 Å². The average Bonchev–Trinajstić information content (AvgIpc) is 3.02. The van der Waals surface area contributed by atoms with E-state index in [1.807, 2.05) is 4.72 Å². The number of anilines is 2. The van der Waals surface area contributed by atoms with Gasteiger partial charge < -0.3 is 5.11 Å². The van der Waals surface area contributed by atoms with Gasteiger partial charge in [0.15, 0.2) is 0 Å². The maximum Gasteiger partial charge on any atom is 0.416 e. The lowest BCUT2D eigenvalue weighted by atomic mass is 10.1. The molecule has 1 heterocycles. The maximum atomic E-state index is 12.9. The summed E-state index contributed by atoms with van der Waals surface area (Å²) in [5, 5.41) is 9.11. The lowest BCUT2D eigenvalue weighted by Gasteiger charge is -2.16. The number of sulfonamides is 1. The molecule has 12 heteroatoms. The highest BCUT2D eigenvalue weighted by atomic mass is 32.2. The minimum atomic E-state index is -4.67. The van der Waals surface area contributed by atoms with E-state index in [1.165, 1.54) is 18.2 Å². The molecule has 0 unspecified atom stereocenters. The third-order valence-corrected chi connectivity index (χ3v) is 6.34. The number of alkyl halides is 3. The zero-order valence-electron chi connectivity index (χ0n) is 16.8. The Morgan fingerprint density at radius 1 is 0.882 bits per heavy atom. The van der Waals surface area contributed by atoms with Crippen LogP contribution in [0.3, 0.4) is 0 Å². The third-order valence-electron chi connectivity index (χ3n) is 4.96. The van der Waals surface area contributed by atoms with Crippen molar-refractivity contribution < 1.29 is 41.1 Å². The predicted octanol–water partition coefficient (Wildman–Crippen LogP) is 4.01. The second-order valence-corrected chi connectivity index (χ2v) is 8.88. The van der Waals surface area contributed by atoms with Crippen molar-refractivity contribution in [3.8, 4) is 0 Å². The van der Waals surface area contributed by atoms with E-state index in [0.717, 1.165) is 42.5 Å². The van der Waals surface area contributed by atoms with Gasteiger partial charge in [-0.25, -0.2) is 18.1 Å². The molecule has 0 radical (unpaired) electrons. The summed E-state index contributed by atoms with van der Waals surface area (Å²) in [7, 11) is -4.39. The van der Waals surface area contributed by atoms with Crippen molar-refractivity contribution in [1.29, 1.82) is 0 Å². The Hall–Kier alpha value is -4.19. The quantitative estimate of drug-likeness (QED) is 0.522. The zero-order valence-corrected chi connectivity index (χ0v) is 17.6. The van der Waals surface area contributed by atoms with E-state index in [4.69, 9.17) is 5.11 Å². The van der Waals surface area contributed by atoms with E-state index in [1.54, 1.807) is 0 Å². The van der Waals surface area contributed by atoms with Crippen LogP contribution in [0.5, 0.6) is 0 Å². The third kappa shape index (κ3) is 4.10. The summed E-state index contributed by atoms with van der Waals surface area (Å²) in [6.07, 6.45) is -4.67. The molecule has 2 N–H and O–H groups in total. The molecular weight excluding hydrogens is 477 g/mol. The molecule has 1 aliphatic heterocycles. The van der Waals surface area contributed by atoms with Gasteiger partial charge in [-0.15, -0.1) is 0 Å². The number of hydrogen-bond acceptors (Lipinski definition) is 5. The minimum Gasteiger partial charge on any atom is -0.478 e.